The molecule has 0 spiro atoms. The summed E-state index contributed by atoms with van der Waals surface area (Å²) in [5.41, 5.74) is 9.02. The zero-order valence-corrected chi connectivity index (χ0v) is 11.5. The molecule has 4 heteroatoms. The quantitative estimate of drug-likeness (QED) is 0.798. The van der Waals surface area contributed by atoms with E-state index in [1.54, 1.807) is 0 Å². The molecule has 0 aliphatic heterocycles. The van der Waals surface area contributed by atoms with Crippen molar-refractivity contribution in [3.8, 4) is 5.69 Å². The molecule has 3 aromatic rings. The van der Waals surface area contributed by atoms with Gasteiger partial charge in [0, 0.05) is 11.2 Å². The van der Waals surface area contributed by atoms with E-state index in [-0.39, 0.29) is 6.04 Å². The number of rotatable bonds is 3. The summed E-state index contributed by atoms with van der Waals surface area (Å²) in [6.07, 6.45) is 1.91. The molecule has 100 valence electrons. The van der Waals surface area contributed by atoms with E-state index >= 15 is 0 Å². The zero-order valence-electron chi connectivity index (χ0n) is 10.8. The van der Waals surface area contributed by atoms with Crippen LogP contribution in [0.25, 0.3) is 5.69 Å². The smallest absolute Gasteiger partial charge is 0.0841 e. The van der Waals surface area contributed by atoms with Crippen LogP contribution in [0.4, 0.5) is 0 Å². The van der Waals surface area contributed by atoms with E-state index in [1.807, 2.05) is 71.5 Å². The van der Waals surface area contributed by atoms with E-state index in [4.69, 9.17) is 17.3 Å². The van der Waals surface area contributed by atoms with Crippen LogP contribution in [-0.4, -0.2) is 9.78 Å². The van der Waals surface area contributed by atoms with E-state index in [2.05, 4.69) is 5.10 Å². The van der Waals surface area contributed by atoms with Crippen LogP contribution in [0.1, 0.15) is 17.3 Å². The molecular formula is C16H14ClN3. The predicted octanol–water partition coefficient (Wildman–Crippen LogP) is 3.57. The highest BCUT2D eigenvalue weighted by atomic mass is 35.5. The highest BCUT2D eigenvalue weighted by Crippen LogP contribution is 2.21. The van der Waals surface area contributed by atoms with Crippen LogP contribution in [-0.2, 0) is 0 Å². The second-order valence-electron chi connectivity index (χ2n) is 4.55. The van der Waals surface area contributed by atoms with Gasteiger partial charge in [-0.1, -0.05) is 41.9 Å². The summed E-state index contributed by atoms with van der Waals surface area (Å²) >= 11 is 6.00. The SMILES string of the molecule is NC(c1cccc(Cl)c1)c1ccn(-c2ccccc2)n1. The Morgan fingerprint density at radius 3 is 2.55 bits per heavy atom. The largest absolute Gasteiger partial charge is 0.319 e. The maximum Gasteiger partial charge on any atom is 0.0841 e. The second kappa shape index (κ2) is 5.49. The van der Waals surface area contributed by atoms with E-state index in [1.165, 1.54) is 0 Å². The number of nitrogens with zero attached hydrogens (tertiary/aromatic N) is 2. The second-order valence-corrected chi connectivity index (χ2v) is 4.99. The molecule has 0 aliphatic carbocycles. The van der Waals surface area contributed by atoms with Gasteiger partial charge in [-0.15, -0.1) is 0 Å². The summed E-state index contributed by atoms with van der Waals surface area (Å²) in [7, 11) is 0. The minimum Gasteiger partial charge on any atom is -0.319 e. The number of benzene rings is 2. The molecule has 0 amide bonds. The van der Waals surface area contributed by atoms with Crippen LogP contribution in [0.15, 0.2) is 66.9 Å². The van der Waals surface area contributed by atoms with Gasteiger partial charge >= 0.3 is 0 Å². The third-order valence-electron chi connectivity index (χ3n) is 3.16. The monoisotopic (exact) mass is 283 g/mol. The summed E-state index contributed by atoms with van der Waals surface area (Å²) in [6.45, 7) is 0. The van der Waals surface area contributed by atoms with Crippen LogP contribution in [0.5, 0.6) is 0 Å². The Morgan fingerprint density at radius 1 is 1.00 bits per heavy atom. The molecule has 3 rings (SSSR count). The molecular weight excluding hydrogens is 270 g/mol. The fourth-order valence-electron chi connectivity index (χ4n) is 2.10. The Balaban J connectivity index is 1.90. The molecule has 0 aliphatic rings. The van der Waals surface area contributed by atoms with Gasteiger partial charge < -0.3 is 5.73 Å². The molecule has 3 nitrogen and oxygen atoms in total. The third kappa shape index (κ3) is 2.59. The molecule has 1 aromatic heterocycles. The standard InChI is InChI=1S/C16H14ClN3/c17-13-6-4-5-12(11-13)16(18)15-9-10-20(19-15)14-7-2-1-3-8-14/h1-11,16H,18H2. The highest BCUT2D eigenvalue weighted by molar-refractivity contribution is 6.30. The maximum atomic E-state index is 6.24. The number of hydrogen-bond acceptors (Lipinski definition) is 2. The van der Waals surface area contributed by atoms with Crippen molar-refractivity contribution in [3.05, 3.63) is 83.1 Å². The van der Waals surface area contributed by atoms with E-state index in [9.17, 15) is 0 Å². The molecule has 0 bridgehead atoms. The number of aromatic nitrogens is 2. The fourth-order valence-corrected chi connectivity index (χ4v) is 2.30. The first kappa shape index (κ1) is 12.9. The van der Waals surface area contributed by atoms with E-state index < -0.39 is 0 Å². The van der Waals surface area contributed by atoms with Crippen molar-refractivity contribution in [2.24, 2.45) is 5.73 Å². The number of para-hydroxylation sites is 1. The van der Waals surface area contributed by atoms with Gasteiger partial charge in [0.25, 0.3) is 0 Å². The van der Waals surface area contributed by atoms with Crippen molar-refractivity contribution < 1.29 is 0 Å². The van der Waals surface area contributed by atoms with Crippen LogP contribution < -0.4 is 5.73 Å². The first-order chi connectivity index (χ1) is 9.74. The molecule has 0 saturated heterocycles. The van der Waals surface area contributed by atoms with E-state index in [0.717, 1.165) is 16.9 Å². The lowest BCUT2D eigenvalue weighted by molar-refractivity contribution is 0.773. The number of nitrogens with two attached hydrogens (primary N) is 1. The molecule has 0 radical (unpaired) electrons. The van der Waals surface area contributed by atoms with Gasteiger partial charge in [-0.05, 0) is 35.9 Å². The van der Waals surface area contributed by atoms with Crippen LogP contribution in [0.2, 0.25) is 5.02 Å². The Kier molecular flexibility index (Phi) is 3.54. The fraction of sp³-hybridized carbons (Fsp3) is 0.0625. The van der Waals surface area contributed by atoms with Crippen molar-refractivity contribution in [1.82, 2.24) is 9.78 Å². The van der Waals surface area contributed by atoms with Gasteiger partial charge in [-0.2, -0.15) is 5.10 Å². The summed E-state index contributed by atoms with van der Waals surface area (Å²) < 4.78 is 1.82. The van der Waals surface area contributed by atoms with Crippen LogP contribution >= 0.6 is 11.6 Å². The third-order valence-corrected chi connectivity index (χ3v) is 3.39. The summed E-state index contributed by atoms with van der Waals surface area (Å²) in [4.78, 5) is 0. The average Bonchev–Trinajstić information content (AvgIpc) is 2.97. The lowest BCUT2D eigenvalue weighted by Crippen LogP contribution is -2.13. The van der Waals surface area contributed by atoms with E-state index in [0.29, 0.717) is 5.02 Å². The molecule has 20 heavy (non-hydrogen) atoms. The Labute approximate surface area is 122 Å². The van der Waals surface area contributed by atoms with Crippen LogP contribution in [0.3, 0.4) is 0 Å². The highest BCUT2D eigenvalue weighted by Gasteiger charge is 2.12. The summed E-state index contributed by atoms with van der Waals surface area (Å²) in [5, 5.41) is 5.22. The Morgan fingerprint density at radius 2 is 1.80 bits per heavy atom. The topological polar surface area (TPSA) is 43.8 Å². The normalized spacial score (nSPS) is 12.3. The summed E-state index contributed by atoms with van der Waals surface area (Å²) in [6, 6.07) is 19.1. The minimum atomic E-state index is -0.279. The number of halogens is 1. The van der Waals surface area contributed by atoms with Crippen molar-refractivity contribution >= 4 is 11.6 Å². The summed E-state index contributed by atoms with van der Waals surface area (Å²) in [5.74, 6) is 0. The van der Waals surface area contributed by atoms with Gasteiger partial charge in [-0.3, -0.25) is 0 Å². The lowest BCUT2D eigenvalue weighted by Gasteiger charge is -2.09. The molecule has 1 heterocycles. The minimum absolute atomic E-state index is 0.279. The number of hydrogen-bond donors (Lipinski definition) is 1. The molecule has 2 N–H and O–H groups in total. The molecule has 1 unspecified atom stereocenters. The molecule has 1 atom stereocenters. The van der Waals surface area contributed by atoms with Crippen LogP contribution in [0, 0.1) is 0 Å². The van der Waals surface area contributed by atoms with Gasteiger partial charge in [-0.25, -0.2) is 4.68 Å². The van der Waals surface area contributed by atoms with Gasteiger partial charge in [0.2, 0.25) is 0 Å². The Hall–Kier alpha value is -2.10. The van der Waals surface area contributed by atoms with Crippen molar-refractivity contribution in [2.75, 3.05) is 0 Å². The first-order valence-electron chi connectivity index (χ1n) is 6.36. The maximum absolute atomic E-state index is 6.24. The lowest BCUT2D eigenvalue weighted by atomic mass is 10.1. The van der Waals surface area contributed by atoms with Crippen molar-refractivity contribution in [1.29, 1.82) is 0 Å². The van der Waals surface area contributed by atoms with Crippen molar-refractivity contribution in [2.45, 2.75) is 6.04 Å². The van der Waals surface area contributed by atoms with Gasteiger partial charge in [0.15, 0.2) is 0 Å². The van der Waals surface area contributed by atoms with Crippen molar-refractivity contribution in [3.63, 3.8) is 0 Å². The zero-order chi connectivity index (χ0) is 13.9. The average molecular weight is 284 g/mol. The molecule has 2 aromatic carbocycles. The molecule has 0 saturated carbocycles. The first-order valence-corrected chi connectivity index (χ1v) is 6.74. The predicted molar refractivity (Wildman–Crippen MR) is 81.0 cm³/mol. The Bertz CT molecular complexity index is 707. The molecule has 0 fully saturated rings. The van der Waals surface area contributed by atoms with Gasteiger partial charge in [0.05, 0.1) is 17.4 Å². The van der Waals surface area contributed by atoms with Gasteiger partial charge in [0.1, 0.15) is 0 Å².